The van der Waals surface area contributed by atoms with Crippen molar-refractivity contribution in [3.05, 3.63) is 59.2 Å². The zero-order valence-electron chi connectivity index (χ0n) is 11.3. The van der Waals surface area contributed by atoms with Crippen molar-refractivity contribution in [2.45, 2.75) is 13.8 Å². The van der Waals surface area contributed by atoms with Crippen LogP contribution in [-0.4, -0.2) is 13.1 Å². The Labute approximate surface area is 112 Å². The Morgan fingerprint density at radius 2 is 1.58 bits per heavy atom. The third-order valence-electron chi connectivity index (χ3n) is 2.88. The van der Waals surface area contributed by atoms with E-state index in [1.807, 2.05) is 32.0 Å². The predicted molar refractivity (Wildman–Crippen MR) is 73.9 cm³/mol. The molecule has 0 atom stereocenters. The van der Waals surface area contributed by atoms with E-state index in [4.69, 9.17) is 9.47 Å². The molecular weight excluding hydrogens is 240 g/mol. The fourth-order valence-electron chi connectivity index (χ4n) is 1.76. The van der Waals surface area contributed by atoms with Crippen LogP contribution in [0.5, 0.6) is 11.5 Å². The van der Waals surface area contributed by atoms with Gasteiger partial charge in [0.2, 0.25) is 0 Å². The second-order valence-corrected chi connectivity index (χ2v) is 4.38. The third-order valence-corrected chi connectivity index (χ3v) is 2.88. The quantitative estimate of drug-likeness (QED) is 0.622. The lowest BCUT2D eigenvalue weighted by atomic mass is 10.1. The van der Waals surface area contributed by atoms with E-state index < -0.39 is 0 Å². The minimum absolute atomic E-state index is 0.341. The van der Waals surface area contributed by atoms with E-state index in [0.717, 1.165) is 16.9 Å². The number of hydrogen-bond acceptors (Lipinski definition) is 3. The zero-order chi connectivity index (χ0) is 13.8. The highest BCUT2D eigenvalue weighted by molar-refractivity contribution is 5.92. The van der Waals surface area contributed by atoms with Gasteiger partial charge in [0.05, 0.1) is 12.7 Å². The summed E-state index contributed by atoms with van der Waals surface area (Å²) in [5.74, 6) is 0.893. The second kappa shape index (κ2) is 5.57. The number of carbonyl (C=O) groups excluding carboxylic acids is 1. The van der Waals surface area contributed by atoms with Crippen molar-refractivity contribution >= 4 is 5.97 Å². The smallest absolute Gasteiger partial charge is 0.343 e. The number of carbonyl (C=O) groups is 1. The molecule has 0 N–H and O–H groups in total. The highest BCUT2D eigenvalue weighted by Crippen LogP contribution is 2.19. The normalized spacial score (nSPS) is 10.1. The van der Waals surface area contributed by atoms with Gasteiger partial charge in [0, 0.05) is 0 Å². The minimum atomic E-state index is -0.341. The molecule has 0 heterocycles. The van der Waals surface area contributed by atoms with Crippen molar-refractivity contribution in [2.24, 2.45) is 0 Å². The van der Waals surface area contributed by atoms with E-state index >= 15 is 0 Å². The third kappa shape index (κ3) is 3.13. The van der Waals surface area contributed by atoms with Crippen LogP contribution in [-0.2, 0) is 0 Å². The van der Waals surface area contributed by atoms with E-state index in [1.165, 1.54) is 0 Å². The van der Waals surface area contributed by atoms with Gasteiger partial charge in [-0.05, 0) is 49.7 Å². The lowest BCUT2D eigenvalue weighted by Gasteiger charge is -2.08. The molecule has 0 unspecified atom stereocenters. The maximum atomic E-state index is 12.1. The second-order valence-electron chi connectivity index (χ2n) is 4.38. The summed E-state index contributed by atoms with van der Waals surface area (Å²) in [6.45, 7) is 3.84. The molecule has 0 spiro atoms. The Kier molecular flexibility index (Phi) is 3.85. The Bertz CT molecular complexity index is 585. The fourth-order valence-corrected chi connectivity index (χ4v) is 1.76. The predicted octanol–water partition coefficient (Wildman–Crippen LogP) is 3.53. The largest absolute Gasteiger partial charge is 0.497 e. The highest BCUT2D eigenvalue weighted by atomic mass is 16.5. The molecule has 2 rings (SSSR count). The van der Waals surface area contributed by atoms with Crippen LogP contribution in [0.4, 0.5) is 0 Å². The van der Waals surface area contributed by atoms with Gasteiger partial charge < -0.3 is 9.47 Å². The van der Waals surface area contributed by atoms with E-state index in [9.17, 15) is 4.79 Å². The van der Waals surface area contributed by atoms with Crippen LogP contribution in [0.25, 0.3) is 0 Å². The summed E-state index contributed by atoms with van der Waals surface area (Å²) in [6, 6.07) is 12.7. The van der Waals surface area contributed by atoms with Gasteiger partial charge in [-0.25, -0.2) is 4.79 Å². The van der Waals surface area contributed by atoms with Gasteiger partial charge >= 0.3 is 5.97 Å². The van der Waals surface area contributed by atoms with Gasteiger partial charge in [-0.2, -0.15) is 0 Å². The van der Waals surface area contributed by atoms with Crippen molar-refractivity contribution in [3.63, 3.8) is 0 Å². The first-order chi connectivity index (χ1) is 9.10. The average molecular weight is 256 g/mol. The molecule has 0 aliphatic carbocycles. The first-order valence-electron chi connectivity index (χ1n) is 6.03. The molecule has 0 radical (unpaired) electrons. The number of methoxy groups -OCH3 is 1. The van der Waals surface area contributed by atoms with Crippen LogP contribution in [0.15, 0.2) is 42.5 Å². The van der Waals surface area contributed by atoms with Gasteiger partial charge in [0.15, 0.2) is 0 Å². The van der Waals surface area contributed by atoms with E-state index in [1.54, 1.807) is 31.4 Å². The van der Waals surface area contributed by atoms with Gasteiger partial charge in [-0.1, -0.05) is 17.7 Å². The van der Waals surface area contributed by atoms with Gasteiger partial charge in [0.1, 0.15) is 11.5 Å². The molecule has 0 amide bonds. The standard InChI is InChI=1S/C16H16O3/c1-11-4-5-12(2)15(10-11)16(17)19-14-8-6-13(18-3)7-9-14/h4-10H,1-3H3. The lowest BCUT2D eigenvalue weighted by Crippen LogP contribution is -2.10. The minimum Gasteiger partial charge on any atom is -0.497 e. The first kappa shape index (κ1) is 13.1. The summed E-state index contributed by atoms with van der Waals surface area (Å²) in [5.41, 5.74) is 2.53. The molecule has 19 heavy (non-hydrogen) atoms. The van der Waals surface area contributed by atoms with Crippen molar-refractivity contribution in [3.8, 4) is 11.5 Å². The average Bonchev–Trinajstić information content (AvgIpc) is 2.42. The molecule has 0 aliphatic rings. The summed E-state index contributed by atoms with van der Waals surface area (Å²) in [6.07, 6.45) is 0. The molecule has 0 saturated heterocycles. The molecule has 2 aromatic carbocycles. The Morgan fingerprint density at radius 3 is 2.21 bits per heavy atom. The van der Waals surface area contributed by atoms with Crippen molar-refractivity contribution in [2.75, 3.05) is 7.11 Å². The van der Waals surface area contributed by atoms with Gasteiger partial charge in [-0.3, -0.25) is 0 Å². The number of aryl methyl sites for hydroxylation is 2. The number of hydrogen-bond donors (Lipinski definition) is 0. The van der Waals surface area contributed by atoms with Crippen LogP contribution < -0.4 is 9.47 Å². The molecule has 0 saturated carbocycles. The Morgan fingerprint density at radius 1 is 0.947 bits per heavy atom. The van der Waals surface area contributed by atoms with Gasteiger partial charge in [0.25, 0.3) is 0 Å². The molecule has 2 aromatic rings. The maximum absolute atomic E-state index is 12.1. The first-order valence-corrected chi connectivity index (χ1v) is 6.03. The Hall–Kier alpha value is -2.29. The number of esters is 1. The van der Waals surface area contributed by atoms with E-state index in [0.29, 0.717) is 11.3 Å². The molecule has 98 valence electrons. The summed E-state index contributed by atoms with van der Waals surface area (Å²) in [5, 5.41) is 0. The number of rotatable bonds is 3. The van der Waals surface area contributed by atoms with Crippen molar-refractivity contribution in [1.29, 1.82) is 0 Å². The van der Waals surface area contributed by atoms with Crippen molar-refractivity contribution < 1.29 is 14.3 Å². The summed E-state index contributed by atoms with van der Waals surface area (Å²) >= 11 is 0. The summed E-state index contributed by atoms with van der Waals surface area (Å²) in [4.78, 5) is 12.1. The number of benzene rings is 2. The molecule has 0 bridgehead atoms. The molecule has 0 fully saturated rings. The molecule has 3 nitrogen and oxygen atoms in total. The SMILES string of the molecule is COc1ccc(OC(=O)c2cc(C)ccc2C)cc1. The lowest BCUT2D eigenvalue weighted by molar-refractivity contribution is 0.0734. The molecule has 0 aliphatic heterocycles. The van der Waals surface area contributed by atoms with Crippen LogP contribution in [0, 0.1) is 13.8 Å². The maximum Gasteiger partial charge on any atom is 0.343 e. The Balaban J connectivity index is 2.18. The topological polar surface area (TPSA) is 35.5 Å². The summed E-state index contributed by atoms with van der Waals surface area (Å²) in [7, 11) is 1.59. The monoisotopic (exact) mass is 256 g/mol. The fraction of sp³-hybridized carbons (Fsp3) is 0.188. The molecule has 3 heteroatoms. The van der Waals surface area contributed by atoms with Crippen LogP contribution in [0.2, 0.25) is 0 Å². The zero-order valence-corrected chi connectivity index (χ0v) is 11.3. The van der Waals surface area contributed by atoms with Crippen molar-refractivity contribution in [1.82, 2.24) is 0 Å². The molecular formula is C16H16O3. The van der Waals surface area contributed by atoms with Crippen LogP contribution in [0.3, 0.4) is 0 Å². The highest BCUT2D eigenvalue weighted by Gasteiger charge is 2.11. The van der Waals surface area contributed by atoms with E-state index in [-0.39, 0.29) is 5.97 Å². The van der Waals surface area contributed by atoms with Gasteiger partial charge in [-0.15, -0.1) is 0 Å². The van der Waals surface area contributed by atoms with E-state index in [2.05, 4.69) is 0 Å². The summed E-state index contributed by atoms with van der Waals surface area (Å²) < 4.78 is 10.4. The van der Waals surface area contributed by atoms with Crippen LogP contribution >= 0.6 is 0 Å². The van der Waals surface area contributed by atoms with Crippen LogP contribution in [0.1, 0.15) is 21.5 Å². The molecule has 0 aromatic heterocycles. The number of ether oxygens (including phenoxy) is 2.